The van der Waals surface area contributed by atoms with Crippen LogP contribution in [0.4, 0.5) is 0 Å². The fourth-order valence-electron chi connectivity index (χ4n) is 2.74. The van der Waals surface area contributed by atoms with Crippen molar-refractivity contribution in [3.8, 4) is 0 Å². The van der Waals surface area contributed by atoms with Crippen LogP contribution in [0.3, 0.4) is 0 Å². The third-order valence-corrected chi connectivity index (χ3v) is 4.99. The molecule has 0 amide bonds. The molecular formula is C16H27Cl2IN4O. The van der Waals surface area contributed by atoms with Gasteiger partial charge in [0.05, 0.1) is 17.7 Å². The summed E-state index contributed by atoms with van der Waals surface area (Å²) in [6, 6.07) is 1.86. The van der Waals surface area contributed by atoms with Gasteiger partial charge in [-0.1, -0.05) is 36.0 Å². The molecule has 1 aliphatic carbocycles. The van der Waals surface area contributed by atoms with Crippen molar-refractivity contribution in [2.45, 2.75) is 44.8 Å². The Hall–Kier alpha value is -0.180. The van der Waals surface area contributed by atoms with Gasteiger partial charge < -0.3 is 19.9 Å². The maximum absolute atomic E-state index is 6.06. The Kier molecular flexibility index (Phi) is 10.4. The second kappa shape index (κ2) is 11.4. The van der Waals surface area contributed by atoms with E-state index in [1.54, 1.807) is 7.05 Å². The minimum absolute atomic E-state index is 0. The SMILES string of the molecule is CN=C(NCCCOC1CCCC1)NCc1cc(Cl)c(Cl)n1C.I. The lowest BCUT2D eigenvalue weighted by Crippen LogP contribution is -2.38. The van der Waals surface area contributed by atoms with Gasteiger partial charge in [0.25, 0.3) is 0 Å². The van der Waals surface area contributed by atoms with Gasteiger partial charge in [-0.25, -0.2) is 0 Å². The molecule has 0 atom stereocenters. The lowest BCUT2D eigenvalue weighted by atomic mass is 10.3. The number of aliphatic imine (C=N–C) groups is 1. The molecule has 24 heavy (non-hydrogen) atoms. The lowest BCUT2D eigenvalue weighted by molar-refractivity contribution is 0.0574. The van der Waals surface area contributed by atoms with Gasteiger partial charge in [-0.2, -0.15) is 0 Å². The highest BCUT2D eigenvalue weighted by Gasteiger charge is 2.14. The fraction of sp³-hybridized carbons (Fsp3) is 0.688. The first-order valence-electron chi connectivity index (χ1n) is 8.17. The number of hydrogen-bond acceptors (Lipinski definition) is 2. The minimum atomic E-state index is 0. The summed E-state index contributed by atoms with van der Waals surface area (Å²) in [5, 5.41) is 7.67. The van der Waals surface area contributed by atoms with Gasteiger partial charge in [0.1, 0.15) is 5.15 Å². The number of hydrogen-bond donors (Lipinski definition) is 2. The van der Waals surface area contributed by atoms with Crippen LogP contribution in [-0.2, 0) is 18.3 Å². The van der Waals surface area contributed by atoms with E-state index >= 15 is 0 Å². The molecule has 1 heterocycles. The summed E-state index contributed by atoms with van der Waals surface area (Å²) < 4.78 is 7.71. The first-order chi connectivity index (χ1) is 11.1. The number of nitrogens with one attached hydrogen (secondary N) is 2. The van der Waals surface area contributed by atoms with Gasteiger partial charge in [0, 0.05) is 32.9 Å². The van der Waals surface area contributed by atoms with Crippen LogP contribution in [0.25, 0.3) is 0 Å². The summed E-state index contributed by atoms with van der Waals surface area (Å²) in [7, 11) is 3.65. The fourth-order valence-corrected chi connectivity index (χ4v) is 3.15. The zero-order chi connectivity index (χ0) is 16.7. The maximum atomic E-state index is 6.06. The van der Waals surface area contributed by atoms with Crippen molar-refractivity contribution >= 4 is 53.1 Å². The van der Waals surface area contributed by atoms with Crippen molar-refractivity contribution in [2.75, 3.05) is 20.2 Å². The second-order valence-corrected chi connectivity index (χ2v) is 6.58. The molecule has 0 unspecified atom stereocenters. The number of aromatic nitrogens is 1. The minimum Gasteiger partial charge on any atom is -0.378 e. The first-order valence-corrected chi connectivity index (χ1v) is 8.93. The number of rotatable bonds is 7. The molecule has 2 N–H and O–H groups in total. The van der Waals surface area contributed by atoms with Crippen LogP contribution in [-0.4, -0.2) is 36.8 Å². The average molecular weight is 489 g/mol. The standard InChI is InChI=1S/C16H26Cl2N4O.HI/c1-19-16(20-8-5-9-23-13-6-3-4-7-13)21-11-12-10-14(17)15(18)22(12)2;/h10,13H,3-9,11H2,1-2H3,(H2,19,20,21);1H. The van der Waals surface area contributed by atoms with Crippen LogP contribution < -0.4 is 10.6 Å². The summed E-state index contributed by atoms with van der Waals surface area (Å²) >= 11 is 12.1. The maximum Gasteiger partial charge on any atom is 0.191 e. The highest BCUT2D eigenvalue weighted by Crippen LogP contribution is 2.24. The molecule has 0 saturated heterocycles. The quantitative estimate of drug-likeness (QED) is 0.264. The third-order valence-electron chi connectivity index (χ3n) is 4.15. The topological polar surface area (TPSA) is 50.6 Å². The smallest absolute Gasteiger partial charge is 0.191 e. The van der Waals surface area contributed by atoms with Crippen molar-refractivity contribution in [3.63, 3.8) is 0 Å². The van der Waals surface area contributed by atoms with Crippen LogP contribution in [0.15, 0.2) is 11.1 Å². The zero-order valence-corrected chi connectivity index (χ0v) is 18.1. The van der Waals surface area contributed by atoms with E-state index in [1.807, 2.05) is 17.7 Å². The molecule has 8 heteroatoms. The van der Waals surface area contributed by atoms with Crippen LogP contribution in [0.2, 0.25) is 10.2 Å². The van der Waals surface area contributed by atoms with Crippen LogP contribution in [0.1, 0.15) is 37.8 Å². The van der Waals surface area contributed by atoms with Gasteiger partial charge in [0.2, 0.25) is 0 Å². The van der Waals surface area contributed by atoms with E-state index in [2.05, 4.69) is 15.6 Å². The van der Waals surface area contributed by atoms with Crippen molar-refractivity contribution in [1.29, 1.82) is 0 Å². The van der Waals surface area contributed by atoms with Crippen LogP contribution in [0, 0.1) is 0 Å². The first kappa shape index (κ1) is 21.9. The predicted octanol–water partition coefficient (Wildman–Crippen LogP) is 3.96. The number of nitrogens with zero attached hydrogens (tertiary/aromatic N) is 2. The predicted molar refractivity (Wildman–Crippen MR) is 112 cm³/mol. The summed E-state index contributed by atoms with van der Waals surface area (Å²) in [5.41, 5.74) is 1.01. The molecule has 138 valence electrons. The highest BCUT2D eigenvalue weighted by atomic mass is 127. The highest BCUT2D eigenvalue weighted by molar-refractivity contribution is 14.0. The summed E-state index contributed by atoms with van der Waals surface area (Å²) in [6.45, 7) is 2.25. The molecule has 1 aromatic heterocycles. The van der Waals surface area contributed by atoms with Gasteiger partial charge in [0.15, 0.2) is 5.96 Å². The van der Waals surface area contributed by atoms with Crippen molar-refractivity contribution < 1.29 is 4.74 Å². The molecule has 0 aromatic carbocycles. The van der Waals surface area contributed by atoms with E-state index in [4.69, 9.17) is 27.9 Å². The van der Waals surface area contributed by atoms with E-state index in [0.717, 1.165) is 31.2 Å². The molecule has 1 fully saturated rings. The zero-order valence-electron chi connectivity index (χ0n) is 14.3. The summed E-state index contributed by atoms with van der Waals surface area (Å²) in [5.74, 6) is 0.763. The van der Waals surface area contributed by atoms with Gasteiger partial charge >= 0.3 is 0 Å². The molecule has 1 aromatic rings. The number of ether oxygens (including phenoxy) is 1. The Morgan fingerprint density at radius 3 is 2.62 bits per heavy atom. The van der Waals surface area contributed by atoms with Gasteiger partial charge in [-0.05, 0) is 25.3 Å². The average Bonchev–Trinajstić information content (AvgIpc) is 3.15. The molecule has 1 saturated carbocycles. The van der Waals surface area contributed by atoms with E-state index in [-0.39, 0.29) is 24.0 Å². The van der Waals surface area contributed by atoms with Crippen molar-refractivity contribution in [1.82, 2.24) is 15.2 Å². The molecule has 0 aliphatic heterocycles. The molecule has 0 bridgehead atoms. The number of guanidine groups is 1. The van der Waals surface area contributed by atoms with Gasteiger partial charge in [-0.3, -0.25) is 4.99 Å². The monoisotopic (exact) mass is 488 g/mol. The molecule has 5 nitrogen and oxygen atoms in total. The number of halogens is 3. The van der Waals surface area contributed by atoms with Crippen LogP contribution >= 0.6 is 47.2 Å². The van der Waals surface area contributed by atoms with Crippen LogP contribution in [0.5, 0.6) is 0 Å². The molecule has 0 radical (unpaired) electrons. The van der Waals surface area contributed by atoms with Crippen molar-refractivity contribution in [2.24, 2.45) is 12.0 Å². The normalized spacial score (nSPS) is 15.4. The Balaban J connectivity index is 0.00000288. The molecule has 1 aliphatic rings. The lowest BCUT2D eigenvalue weighted by Gasteiger charge is -2.14. The van der Waals surface area contributed by atoms with E-state index in [1.165, 1.54) is 25.7 Å². The Labute approximate surface area is 171 Å². The Morgan fingerprint density at radius 2 is 2.04 bits per heavy atom. The molecule has 2 rings (SSSR count). The van der Waals surface area contributed by atoms with Crippen molar-refractivity contribution in [3.05, 3.63) is 21.9 Å². The Bertz CT molecular complexity index is 530. The Morgan fingerprint density at radius 1 is 1.33 bits per heavy atom. The summed E-state index contributed by atoms with van der Waals surface area (Å²) in [4.78, 5) is 4.22. The largest absolute Gasteiger partial charge is 0.378 e. The molecular weight excluding hydrogens is 462 g/mol. The van der Waals surface area contributed by atoms with Gasteiger partial charge in [-0.15, -0.1) is 24.0 Å². The third kappa shape index (κ3) is 6.61. The molecule has 0 spiro atoms. The second-order valence-electron chi connectivity index (χ2n) is 5.82. The summed E-state index contributed by atoms with van der Waals surface area (Å²) in [6.07, 6.45) is 6.52. The van der Waals surface area contributed by atoms with E-state index < -0.39 is 0 Å². The van der Waals surface area contributed by atoms with E-state index in [9.17, 15) is 0 Å². The van der Waals surface area contributed by atoms with E-state index in [0.29, 0.717) is 22.8 Å².